The van der Waals surface area contributed by atoms with Crippen molar-refractivity contribution in [3.63, 3.8) is 0 Å². The van der Waals surface area contributed by atoms with Crippen molar-refractivity contribution >= 4 is 29.6 Å². The second kappa shape index (κ2) is 14.4. The van der Waals surface area contributed by atoms with Crippen molar-refractivity contribution in [3.05, 3.63) is 58.3 Å². The van der Waals surface area contributed by atoms with Crippen LogP contribution in [0.4, 0.5) is 24.2 Å². The maximum atomic E-state index is 17.3. The molecule has 0 radical (unpaired) electrons. The lowest BCUT2D eigenvalue weighted by Crippen LogP contribution is -2.56. The lowest BCUT2D eigenvalue weighted by atomic mass is 9.68. The Labute approximate surface area is 302 Å². The van der Waals surface area contributed by atoms with E-state index in [1.807, 2.05) is 23.1 Å². The van der Waals surface area contributed by atoms with Gasteiger partial charge < -0.3 is 24.0 Å². The molecule has 11 nitrogen and oxygen atoms in total. The number of aromatic nitrogens is 2. The third-order valence-corrected chi connectivity index (χ3v) is 10.8. The molecule has 0 bridgehead atoms. The van der Waals surface area contributed by atoms with Gasteiger partial charge in [0.2, 0.25) is 0 Å². The third kappa shape index (κ3) is 7.04. The van der Waals surface area contributed by atoms with E-state index in [-0.39, 0.29) is 50.8 Å². The summed E-state index contributed by atoms with van der Waals surface area (Å²) < 4.78 is 49.7. The van der Waals surface area contributed by atoms with Gasteiger partial charge >= 0.3 is 18.2 Å². The van der Waals surface area contributed by atoms with Crippen LogP contribution in [0.2, 0.25) is 5.02 Å². The molecule has 2 fully saturated rings. The Morgan fingerprint density at radius 2 is 1.90 bits per heavy atom. The standard InChI is InChI=1S/C37H45ClF2N6O5/c1-6-18-49-34(47)45-17-16-44(20-23(45)12-15-41)32-25-11-14-37(13-10-24-26(37)8-7-9-27(24)38)31(40)30(25)42-33(43-32)50-21-29-28(39)19-22(2)46(29)35(48)51-36(3,4)5/h6-9,22-23,28-29,31H,1,10-14,16-21H2,2-5H3/t22-,23+,28+,29?,31+,37-/m1/s1. The first-order valence-corrected chi connectivity index (χ1v) is 17.9. The van der Waals surface area contributed by atoms with Gasteiger partial charge in [0.25, 0.3) is 0 Å². The number of hydrogen-bond donors (Lipinski definition) is 0. The van der Waals surface area contributed by atoms with Gasteiger partial charge in [0.15, 0.2) is 6.17 Å². The van der Waals surface area contributed by atoms with Gasteiger partial charge in [0.1, 0.15) is 36.8 Å². The summed E-state index contributed by atoms with van der Waals surface area (Å²) in [7, 11) is 0. The molecule has 0 saturated carbocycles. The van der Waals surface area contributed by atoms with Gasteiger partial charge in [-0.3, -0.25) is 4.90 Å². The molecule has 14 heteroatoms. The number of ether oxygens (including phenoxy) is 3. The molecule has 1 aromatic heterocycles. The molecule has 1 spiro atoms. The Kier molecular flexibility index (Phi) is 10.4. The number of piperazine rings is 1. The number of halogens is 3. The Morgan fingerprint density at radius 3 is 2.61 bits per heavy atom. The van der Waals surface area contributed by atoms with Gasteiger partial charge in [0, 0.05) is 48.1 Å². The Hall–Kier alpha value is -4.18. The number of nitrogens with zero attached hydrogens (tertiary/aromatic N) is 6. The number of amides is 2. The van der Waals surface area contributed by atoms with E-state index in [0.717, 1.165) is 11.1 Å². The van der Waals surface area contributed by atoms with Crippen LogP contribution < -0.4 is 9.64 Å². The number of rotatable bonds is 7. The molecule has 4 aliphatic rings. The molecule has 274 valence electrons. The van der Waals surface area contributed by atoms with Crippen molar-refractivity contribution in [2.24, 2.45) is 0 Å². The summed E-state index contributed by atoms with van der Waals surface area (Å²) in [6, 6.07) is 5.70. The molecule has 2 amide bonds. The lowest BCUT2D eigenvalue weighted by Gasteiger charge is -2.43. The average molecular weight is 727 g/mol. The number of hydrogen-bond acceptors (Lipinski definition) is 9. The first-order chi connectivity index (χ1) is 24.3. The van der Waals surface area contributed by atoms with E-state index < -0.39 is 53.7 Å². The van der Waals surface area contributed by atoms with E-state index in [4.69, 9.17) is 30.8 Å². The monoisotopic (exact) mass is 726 g/mol. The SMILES string of the molecule is C=CCOC(=O)N1CCN(c2nc(OCC3[C@@H](F)C[C@@H](C)N3C(=O)OC(C)(C)C)nc3c2CC[C@@]2(CCc4c(Cl)cccc42)[C@H]3F)C[C@@H]1CC#N. The highest BCUT2D eigenvalue weighted by molar-refractivity contribution is 6.31. The Morgan fingerprint density at radius 1 is 1.16 bits per heavy atom. The quantitative estimate of drug-likeness (QED) is 0.283. The summed E-state index contributed by atoms with van der Waals surface area (Å²) in [5.74, 6) is 0.444. The average Bonchev–Trinajstić information content (AvgIpc) is 3.60. The van der Waals surface area contributed by atoms with E-state index in [9.17, 15) is 14.9 Å². The first kappa shape index (κ1) is 36.6. The van der Waals surface area contributed by atoms with E-state index in [0.29, 0.717) is 48.6 Å². The molecule has 3 heterocycles. The smallest absolute Gasteiger partial charge is 0.411 e. The van der Waals surface area contributed by atoms with Gasteiger partial charge in [0.05, 0.1) is 24.2 Å². The highest BCUT2D eigenvalue weighted by atomic mass is 35.5. The minimum Gasteiger partial charge on any atom is -0.461 e. The van der Waals surface area contributed by atoms with Crippen LogP contribution in [0.1, 0.15) is 81.9 Å². The van der Waals surface area contributed by atoms with Crippen LogP contribution >= 0.6 is 11.6 Å². The number of benzene rings is 1. The van der Waals surface area contributed by atoms with E-state index in [2.05, 4.69) is 17.6 Å². The number of carbonyl (C=O) groups excluding carboxylic acids is 2. The summed E-state index contributed by atoms with van der Waals surface area (Å²) in [5.41, 5.74) is 1.02. The third-order valence-electron chi connectivity index (χ3n) is 10.5. The van der Waals surface area contributed by atoms with Crippen molar-refractivity contribution in [3.8, 4) is 12.1 Å². The fraction of sp³-hybridized carbons (Fsp3) is 0.595. The Bertz CT molecular complexity index is 1720. The zero-order valence-corrected chi connectivity index (χ0v) is 30.3. The number of alkyl halides is 2. The van der Waals surface area contributed by atoms with Crippen molar-refractivity contribution in [2.45, 2.75) is 108 Å². The van der Waals surface area contributed by atoms with Crippen LogP contribution in [0.25, 0.3) is 0 Å². The van der Waals surface area contributed by atoms with Crippen LogP contribution in [-0.2, 0) is 27.7 Å². The molecule has 2 aromatic rings. The van der Waals surface area contributed by atoms with Gasteiger partial charge in [-0.25, -0.2) is 18.4 Å². The van der Waals surface area contributed by atoms with Gasteiger partial charge in [-0.2, -0.15) is 15.2 Å². The highest BCUT2D eigenvalue weighted by Crippen LogP contribution is 2.57. The molecule has 6 rings (SSSR count). The highest BCUT2D eigenvalue weighted by Gasteiger charge is 2.52. The summed E-state index contributed by atoms with van der Waals surface area (Å²) in [4.78, 5) is 40.2. The molecule has 1 unspecified atom stereocenters. The van der Waals surface area contributed by atoms with Crippen LogP contribution in [0, 0.1) is 11.3 Å². The molecule has 2 saturated heterocycles. The number of fused-ring (bicyclic) bond motifs is 3. The Balaban J connectivity index is 1.35. The predicted molar refractivity (Wildman–Crippen MR) is 186 cm³/mol. The molecule has 0 N–H and O–H groups in total. The van der Waals surface area contributed by atoms with Crippen molar-refractivity contribution in [2.75, 3.05) is 37.7 Å². The fourth-order valence-electron chi connectivity index (χ4n) is 8.12. The van der Waals surface area contributed by atoms with Crippen LogP contribution in [0.3, 0.4) is 0 Å². The minimum atomic E-state index is -1.52. The molecular formula is C37H45ClF2N6O5. The van der Waals surface area contributed by atoms with Crippen molar-refractivity contribution in [1.82, 2.24) is 19.8 Å². The molecule has 6 atom stereocenters. The molecule has 2 aliphatic carbocycles. The van der Waals surface area contributed by atoms with Crippen LogP contribution in [0.15, 0.2) is 30.9 Å². The van der Waals surface area contributed by atoms with Crippen LogP contribution in [-0.4, -0.2) is 94.7 Å². The van der Waals surface area contributed by atoms with E-state index in [1.165, 1.54) is 15.9 Å². The maximum absolute atomic E-state index is 17.3. The summed E-state index contributed by atoms with van der Waals surface area (Å²) >= 11 is 6.56. The maximum Gasteiger partial charge on any atom is 0.411 e. The normalized spacial score (nSPS) is 27.1. The lowest BCUT2D eigenvalue weighted by molar-refractivity contribution is 0.00740. The second-order valence-corrected chi connectivity index (χ2v) is 15.3. The van der Waals surface area contributed by atoms with Gasteiger partial charge in [-0.1, -0.05) is 36.4 Å². The molecule has 51 heavy (non-hydrogen) atoms. The fourth-order valence-corrected chi connectivity index (χ4v) is 8.39. The molecule has 2 aliphatic heterocycles. The zero-order valence-electron chi connectivity index (χ0n) is 29.5. The largest absolute Gasteiger partial charge is 0.461 e. The topological polar surface area (TPSA) is 121 Å². The zero-order chi connectivity index (χ0) is 36.7. The summed E-state index contributed by atoms with van der Waals surface area (Å²) in [6.45, 7) is 11.1. The number of likely N-dealkylation sites (tertiary alicyclic amines) is 1. The predicted octanol–water partition coefficient (Wildman–Crippen LogP) is 6.81. The first-order valence-electron chi connectivity index (χ1n) is 17.5. The van der Waals surface area contributed by atoms with E-state index >= 15 is 8.78 Å². The van der Waals surface area contributed by atoms with E-state index in [1.54, 1.807) is 27.7 Å². The second-order valence-electron chi connectivity index (χ2n) is 14.9. The number of nitriles is 1. The minimum absolute atomic E-state index is 0.0390. The number of anilines is 1. The summed E-state index contributed by atoms with van der Waals surface area (Å²) in [5, 5.41) is 10.3. The summed E-state index contributed by atoms with van der Waals surface area (Å²) in [6.07, 6.45) is -0.283. The molecule has 1 aromatic carbocycles. The van der Waals surface area contributed by atoms with Crippen molar-refractivity contribution in [1.29, 1.82) is 5.26 Å². The van der Waals surface area contributed by atoms with Gasteiger partial charge in [-0.15, -0.1) is 0 Å². The van der Waals surface area contributed by atoms with Gasteiger partial charge in [-0.05, 0) is 70.6 Å². The van der Waals surface area contributed by atoms with Crippen LogP contribution in [0.5, 0.6) is 6.01 Å². The van der Waals surface area contributed by atoms with Crippen molar-refractivity contribution < 1.29 is 32.6 Å². The molecular weight excluding hydrogens is 682 g/mol. The number of carbonyl (C=O) groups is 2.